The minimum absolute atomic E-state index is 0.0671. The highest BCUT2D eigenvalue weighted by atomic mass is 16.1. The second-order valence-corrected chi connectivity index (χ2v) is 6.40. The van der Waals surface area contributed by atoms with Gasteiger partial charge in [-0.15, -0.1) is 0 Å². The molecule has 4 nitrogen and oxygen atoms in total. The van der Waals surface area contributed by atoms with Crippen LogP contribution in [-0.4, -0.2) is 23.0 Å². The van der Waals surface area contributed by atoms with Crippen molar-refractivity contribution >= 4 is 11.7 Å². The Kier molecular flexibility index (Phi) is 6.36. The average Bonchev–Trinajstić information content (AvgIpc) is 2.60. The van der Waals surface area contributed by atoms with Gasteiger partial charge in [0, 0.05) is 24.8 Å². The lowest BCUT2D eigenvalue weighted by Gasteiger charge is -2.28. The first-order valence-corrected chi connectivity index (χ1v) is 8.58. The predicted octanol–water partition coefficient (Wildman–Crippen LogP) is 4.02. The van der Waals surface area contributed by atoms with Crippen LogP contribution in [0.2, 0.25) is 0 Å². The summed E-state index contributed by atoms with van der Waals surface area (Å²) in [5.74, 6) is 0.816. The van der Waals surface area contributed by atoms with Crippen molar-refractivity contribution in [3.8, 4) is 0 Å². The molecule has 0 radical (unpaired) electrons. The molecule has 1 aromatic heterocycles. The van der Waals surface area contributed by atoms with E-state index in [9.17, 15) is 4.79 Å². The highest BCUT2D eigenvalue weighted by Crippen LogP contribution is 2.18. The fourth-order valence-corrected chi connectivity index (χ4v) is 2.41. The van der Waals surface area contributed by atoms with Crippen LogP contribution in [-0.2, 0) is 6.54 Å². The Balaban J connectivity index is 2.13. The van der Waals surface area contributed by atoms with E-state index in [0.29, 0.717) is 11.6 Å². The lowest BCUT2D eigenvalue weighted by Crippen LogP contribution is -2.33. The zero-order chi connectivity index (χ0) is 17.5. The van der Waals surface area contributed by atoms with Crippen molar-refractivity contribution in [1.29, 1.82) is 0 Å². The van der Waals surface area contributed by atoms with E-state index in [1.54, 1.807) is 6.20 Å². The molecule has 0 aliphatic carbocycles. The maximum Gasteiger partial charge on any atom is 0.253 e. The Hall–Kier alpha value is -2.36. The molecule has 1 unspecified atom stereocenters. The molecule has 1 amide bonds. The van der Waals surface area contributed by atoms with Gasteiger partial charge in [-0.1, -0.05) is 37.3 Å². The number of rotatable bonds is 7. The fourth-order valence-electron chi connectivity index (χ4n) is 2.41. The number of anilines is 1. The number of aromatic nitrogens is 1. The van der Waals surface area contributed by atoms with Gasteiger partial charge in [0.15, 0.2) is 0 Å². The van der Waals surface area contributed by atoms with Crippen LogP contribution >= 0.6 is 0 Å². The molecule has 1 heterocycles. The molecule has 4 heteroatoms. The van der Waals surface area contributed by atoms with Crippen molar-refractivity contribution in [2.75, 3.05) is 4.90 Å². The highest BCUT2D eigenvalue weighted by Gasteiger charge is 2.14. The zero-order valence-corrected chi connectivity index (χ0v) is 15.0. The van der Waals surface area contributed by atoms with Gasteiger partial charge in [0.05, 0.1) is 5.56 Å². The average molecular weight is 325 g/mol. The van der Waals surface area contributed by atoms with E-state index < -0.39 is 0 Å². The SMILES string of the molecule is CCC(C)NC(=O)c1ccc(N(Cc2ccccc2)C(C)C)nc1. The molecule has 0 saturated carbocycles. The molecule has 0 aliphatic heterocycles. The smallest absolute Gasteiger partial charge is 0.253 e. The van der Waals surface area contributed by atoms with Crippen molar-refractivity contribution in [2.45, 2.75) is 52.7 Å². The zero-order valence-electron chi connectivity index (χ0n) is 15.0. The van der Waals surface area contributed by atoms with Gasteiger partial charge < -0.3 is 10.2 Å². The van der Waals surface area contributed by atoms with Gasteiger partial charge in [0.1, 0.15) is 5.82 Å². The molecule has 0 bridgehead atoms. The van der Waals surface area contributed by atoms with E-state index >= 15 is 0 Å². The number of carbonyl (C=O) groups is 1. The standard InChI is InChI=1S/C20H27N3O/c1-5-16(4)22-20(24)18-11-12-19(21-13-18)23(15(2)3)14-17-9-7-6-8-10-17/h6-13,15-16H,5,14H2,1-4H3,(H,22,24). The topological polar surface area (TPSA) is 45.2 Å². The van der Waals surface area contributed by atoms with Crippen LogP contribution in [0.25, 0.3) is 0 Å². The number of nitrogens with one attached hydrogen (secondary N) is 1. The number of carbonyl (C=O) groups excluding carboxylic acids is 1. The van der Waals surface area contributed by atoms with E-state index in [0.717, 1.165) is 18.8 Å². The fraction of sp³-hybridized carbons (Fsp3) is 0.400. The maximum absolute atomic E-state index is 12.2. The predicted molar refractivity (Wildman–Crippen MR) is 99.2 cm³/mol. The number of benzene rings is 1. The van der Waals surface area contributed by atoms with Gasteiger partial charge in [-0.05, 0) is 44.9 Å². The van der Waals surface area contributed by atoms with Gasteiger partial charge in [0.2, 0.25) is 0 Å². The number of hydrogen-bond donors (Lipinski definition) is 1. The second-order valence-electron chi connectivity index (χ2n) is 6.40. The Morgan fingerprint density at radius 1 is 1.12 bits per heavy atom. The third-order valence-electron chi connectivity index (χ3n) is 4.11. The van der Waals surface area contributed by atoms with Gasteiger partial charge in [-0.3, -0.25) is 4.79 Å². The van der Waals surface area contributed by atoms with Gasteiger partial charge in [-0.25, -0.2) is 4.98 Å². The van der Waals surface area contributed by atoms with Crippen LogP contribution in [0.4, 0.5) is 5.82 Å². The molecular weight excluding hydrogens is 298 g/mol. The molecule has 24 heavy (non-hydrogen) atoms. The van der Waals surface area contributed by atoms with Crippen molar-refractivity contribution in [2.24, 2.45) is 0 Å². The van der Waals surface area contributed by atoms with E-state index in [-0.39, 0.29) is 11.9 Å². The molecule has 0 fully saturated rings. The summed E-state index contributed by atoms with van der Waals surface area (Å²) >= 11 is 0. The Morgan fingerprint density at radius 2 is 1.83 bits per heavy atom. The summed E-state index contributed by atoms with van der Waals surface area (Å²) < 4.78 is 0. The number of nitrogens with zero attached hydrogens (tertiary/aromatic N) is 2. The molecule has 2 aromatic rings. The number of pyridine rings is 1. The summed E-state index contributed by atoms with van der Waals surface area (Å²) in [7, 11) is 0. The summed E-state index contributed by atoms with van der Waals surface area (Å²) in [6.07, 6.45) is 2.57. The summed E-state index contributed by atoms with van der Waals surface area (Å²) in [6, 6.07) is 14.6. The first kappa shape index (κ1) is 18.0. The number of hydrogen-bond acceptors (Lipinski definition) is 3. The summed E-state index contributed by atoms with van der Waals surface area (Å²) in [4.78, 5) is 18.9. The molecule has 0 aliphatic rings. The van der Waals surface area contributed by atoms with E-state index in [1.165, 1.54) is 5.56 Å². The monoisotopic (exact) mass is 325 g/mol. The molecule has 1 atom stereocenters. The van der Waals surface area contributed by atoms with Crippen LogP contribution in [0.15, 0.2) is 48.7 Å². The molecule has 0 saturated heterocycles. The van der Waals surface area contributed by atoms with Crippen molar-refractivity contribution in [1.82, 2.24) is 10.3 Å². The highest BCUT2D eigenvalue weighted by molar-refractivity contribution is 5.94. The van der Waals surface area contributed by atoms with Gasteiger partial charge in [-0.2, -0.15) is 0 Å². The molecule has 128 valence electrons. The summed E-state index contributed by atoms with van der Waals surface area (Å²) in [6.45, 7) is 9.14. The summed E-state index contributed by atoms with van der Waals surface area (Å²) in [5.41, 5.74) is 1.84. The van der Waals surface area contributed by atoms with Crippen LogP contribution in [0.5, 0.6) is 0 Å². The number of amides is 1. The first-order chi connectivity index (χ1) is 11.5. The van der Waals surface area contributed by atoms with Crippen LogP contribution in [0.3, 0.4) is 0 Å². The Labute approximate surface area is 144 Å². The first-order valence-electron chi connectivity index (χ1n) is 8.58. The van der Waals surface area contributed by atoms with E-state index in [4.69, 9.17) is 0 Å². The molecule has 1 aromatic carbocycles. The van der Waals surface area contributed by atoms with Crippen molar-refractivity contribution in [3.05, 3.63) is 59.8 Å². The largest absolute Gasteiger partial charge is 0.350 e. The Bertz CT molecular complexity index is 638. The van der Waals surface area contributed by atoms with Crippen LogP contribution < -0.4 is 10.2 Å². The van der Waals surface area contributed by atoms with Crippen LogP contribution in [0, 0.1) is 0 Å². The van der Waals surface area contributed by atoms with Crippen LogP contribution in [0.1, 0.15) is 50.0 Å². The van der Waals surface area contributed by atoms with Crippen molar-refractivity contribution in [3.63, 3.8) is 0 Å². The normalized spacial score (nSPS) is 12.0. The molecular formula is C20H27N3O. The minimum atomic E-state index is -0.0671. The van der Waals surface area contributed by atoms with E-state index in [1.807, 2.05) is 37.3 Å². The molecule has 2 rings (SSSR count). The minimum Gasteiger partial charge on any atom is -0.350 e. The third kappa shape index (κ3) is 4.82. The van der Waals surface area contributed by atoms with Gasteiger partial charge >= 0.3 is 0 Å². The van der Waals surface area contributed by atoms with Gasteiger partial charge in [0.25, 0.3) is 5.91 Å². The van der Waals surface area contributed by atoms with E-state index in [2.05, 4.69) is 48.1 Å². The summed E-state index contributed by atoms with van der Waals surface area (Å²) in [5, 5.41) is 2.96. The van der Waals surface area contributed by atoms with Crippen molar-refractivity contribution < 1.29 is 4.79 Å². The molecule has 0 spiro atoms. The quantitative estimate of drug-likeness (QED) is 0.836. The molecule has 1 N–H and O–H groups in total. The lowest BCUT2D eigenvalue weighted by atomic mass is 10.1. The Morgan fingerprint density at radius 3 is 2.38 bits per heavy atom. The second kappa shape index (κ2) is 8.48. The maximum atomic E-state index is 12.2. The lowest BCUT2D eigenvalue weighted by molar-refractivity contribution is 0.0939. The third-order valence-corrected chi connectivity index (χ3v) is 4.11.